The average molecular weight is 801 g/mol. The number of likely N-dealkylation sites (tertiary alicyclic amines) is 1. The van der Waals surface area contributed by atoms with Gasteiger partial charge < -0.3 is 30.9 Å². The van der Waals surface area contributed by atoms with Crippen molar-refractivity contribution in [2.75, 3.05) is 6.54 Å². The zero-order valence-corrected chi connectivity index (χ0v) is 33.3. The first-order chi connectivity index (χ1) is 26.1. The Balaban J connectivity index is 1.41. The van der Waals surface area contributed by atoms with Crippen LogP contribution in [0.2, 0.25) is 10.0 Å². The summed E-state index contributed by atoms with van der Waals surface area (Å²) in [6.45, 7) is 7.18. The van der Waals surface area contributed by atoms with Crippen LogP contribution in [0.5, 0.6) is 5.75 Å². The molecule has 2 saturated carbocycles. The van der Waals surface area contributed by atoms with Crippen LogP contribution in [0.4, 0.5) is 0 Å². The maximum Gasteiger partial charge on any atom is 0.289 e. The summed E-state index contributed by atoms with van der Waals surface area (Å²) >= 11 is 12.5. The standard InChI is InChI=1S/C39H51Cl2N7O7/c1-5-9-28(32(49)37(53)44-25-12-13-25)45-35(51)30-19-27(55-26-17-23(40)16-24(41)18-26)21-48(30)38(54)33(39(2,3)4)47-36(52)31(22-10-7-6-8-11-22)46-34(50)29-20-42-14-15-43-29/h14-18,20,22,25,27-28,30-31,33H,5-13,19,21H2,1-4H3,(H,44,53)(H,45,51)(H,46,50)(H,47,52)/t27-,28+,30?,31+,33-/m1/s1. The van der Waals surface area contributed by atoms with Crippen LogP contribution in [0.25, 0.3) is 0 Å². The fourth-order valence-corrected chi connectivity index (χ4v) is 7.68. The van der Waals surface area contributed by atoms with Gasteiger partial charge in [-0.2, -0.15) is 0 Å². The first-order valence-electron chi connectivity index (χ1n) is 19.1. The van der Waals surface area contributed by atoms with E-state index in [0.717, 1.165) is 32.1 Å². The van der Waals surface area contributed by atoms with Gasteiger partial charge >= 0.3 is 0 Å². The Morgan fingerprint density at radius 1 is 0.927 bits per heavy atom. The quantitative estimate of drug-likeness (QED) is 0.192. The van der Waals surface area contributed by atoms with E-state index in [-0.39, 0.29) is 37.0 Å². The minimum Gasteiger partial charge on any atom is -0.488 e. The molecule has 1 aromatic heterocycles. The Morgan fingerprint density at radius 2 is 1.62 bits per heavy atom. The minimum absolute atomic E-state index is 0.0344. The molecule has 5 rings (SSSR count). The van der Waals surface area contributed by atoms with Gasteiger partial charge in [-0.1, -0.05) is 76.6 Å². The summed E-state index contributed by atoms with van der Waals surface area (Å²) in [7, 11) is 0. The molecule has 2 aliphatic carbocycles. The van der Waals surface area contributed by atoms with E-state index in [2.05, 4.69) is 31.2 Å². The molecule has 0 bridgehead atoms. The van der Waals surface area contributed by atoms with Crippen molar-refractivity contribution in [3.05, 3.63) is 52.5 Å². The predicted molar refractivity (Wildman–Crippen MR) is 205 cm³/mol. The summed E-state index contributed by atoms with van der Waals surface area (Å²) in [5.74, 6) is -3.63. The number of amides is 5. The van der Waals surface area contributed by atoms with Crippen molar-refractivity contribution in [2.24, 2.45) is 11.3 Å². The van der Waals surface area contributed by atoms with Crippen molar-refractivity contribution in [3.8, 4) is 5.75 Å². The van der Waals surface area contributed by atoms with Gasteiger partial charge in [-0.25, -0.2) is 4.98 Å². The van der Waals surface area contributed by atoms with Crippen molar-refractivity contribution < 1.29 is 33.5 Å². The van der Waals surface area contributed by atoms with Crippen molar-refractivity contribution in [1.82, 2.24) is 36.1 Å². The molecule has 1 unspecified atom stereocenters. The Kier molecular flexibility index (Phi) is 14.1. The van der Waals surface area contributed by atoms with Crippen molar-refractivity contribution >= 4 is 58.5 Å². The van der Waals surface area contributed by atoms with Gasteiger partial charge in [-0.05, 0) is 61.6 Å². The fraction of sp³-hybridized carbons (Fsp3) is 0.590. The van der Waals surface area contributed by atoms with Crippen LogP contribution < -0.4 is 26.0 Å². The molecule has 3 fully saturated rings. The molecule has 1 aromatic carbocycles. The number of aromatic nitrogens is 2. The van der Waals surface area contributed by atoms with Crippen LogP contribution in [0.1, 0.15) is 102 Å². The molecule has 298 valence electrons. The molecule has 1 aliphatic heterocycles. The molecule has 0 radical (unpaired) electrons. The maximum absolute atomic E-state index is 14.8. The summed E-state index contributed by atoms with van der Waals surface area (Å²) in [5.41, 5.74) is -0.803. The number of hydrogen-bond donors (Lipinski definition) is 4. The lowest BCUT2D eigenvalue weighted by Gasteiger charge is -2.37. The van der Waals surface area contributed by atoms with Crippen molar-refractivity contribution in [3.63, 3.8) is 0 Å². The first-order valence-corrected chi connectivity index (χ1v) is 19.9. The molecule has 16 heteroatoms. The topological polar surface area (TPSA) is 189 Å². The van der Waals surface area contributed by atoms with E-state index in [1.54, 1.807) is 39.0 Å². The number of ketones is 1. The Morgan fingerprint density at radius 3 is 2.22 bits per heavy atom. The van der Waals surface area contributed by atoms with Crippen LogP contribution in [0.3, 0.4) is 0 Å². The van der Waals surface area contributed by atoms with Crippen LogP contribution in [0, 0.1) is 11.3 Å². The molecular weight excluding hydrogens is 749 g/mol. The second-order valence-electron chi connectivity index (χ2n) is 15.8. The second-order valence-corrected chi connectivity index (χ2v) is 16.7. The number of halogens is 2. The van der Waals surface area contributed by atoms with E-state index in [9.17, 15) is 28.8 Å². The molecule has 14 nitrogen and oxygen atoms in total. The maximum atomic E-state index is 14.8. The Hall–Kier alpha value is -4.30. The van der Waals surface area contributed by atoms with Gasteiger partial charge in [0.15, 0.2) is 0 Å². The SMILES string of the molecule is CCC[C@H](NC(=O)C1C[C@@H](Oc2cc(Cl)cc(Cl)c2)CN1C(=O)[C@@H](NC(=O)[C@@H](NC(=O)c1cnccn1)C1CCCCC1)C(C)(C)C)C(=O)C(=O)NC1CC1. The van der Waals surface area contributed by atoms with Gasteiger partial charge in [0.1, 0.15) is 35.7 Å². The molecule has 1 saturated heterocycles. The van der Waals surface area contributed by atoms with Gasteiger partial charge in [-0.15, -0.1) is 0 Å². The summed E-state index contributed by atoms with van der Waals surface area (Å²) in [5, 5.41) is 11.9. The molecule has 4 N–H and O–H groups in total. The highest BCUT2D eigenvalue weighted by Crippen LogP contribution is 2.32. The van der Waals surface area contributed by atoms with Crippen LogP contribution >= 0.6 is 23.2 Å². The van der Waals surface area contributed by atoms with Gasteiger partial charge in [-0.3, -0.25) is 33.8 Å². The smallest absolute Gasteiger partial charge is 0.289 e. The zero-order chi connectivity index (χ0) is 39.9. The summed E-state index contributed by atoms with van der Waals surface area (Å²) in [6.07, 6.45) is 10.0. The van der Waals surface area contributed by atoms with Gasteiger partial charge in [0.25, 0.3) is 11.8 Å². The Bertz CT molecular complexity index is 1710. The molecule has 5 amide bonds. The van der Waals surface area contributed by atoms with Crippen molar-refractivity contribution in [1.29, 1.82) is 0 Å². The second kappa shape index (κ2) is 18.6. The number of nitrogens with zero attached hydrogens (tertiary/aromatic N) is 3. The third kappa shape index (κ3) is 11.4. The normalized spacial score (nSPS) is 20.4. The third-order valence-corrected chi connectivity index (χ3v) is 10.7. The number of nitrogens with one attached hydrogen (secondary N) is 4. The van der Waals surface area contributed by atoms with E-state index in [4.69, 9.17) is 27.9 Å². The van der Waals surface area contributed by atoms with Gasteiger partial charge in [0.05, 0.1) is 18.8 Å². The molecule has 2 heterocycles. The van der Waals surface area contributed by atoms with E-state index < -0.39 is 71.0 Å². The lowest BCUT2D eigenvalue weighted by molar-refractivity contribution is -0.145. The van der Waals surface area contributed by atoms with Crippen molar-refractivity contribution in [2.45, 2.75) is 128 Å². The summed E-state index contributed by atoms with van der Waals surface area (Å²) in [6, 6.07) is 0.306. The van der Waals surface area contributed by atoms with Gasteiger partial charge in [0, 0.05) is 34.9 Å². The lowest BCUT2D eigenvalue weighted by atomic mass is 9.82. The number of hydrogen-bond acceptors (Lipinski definition) is 9. The van der Waals surface area contributed by atoms with Crippen LogP contribution in [0.15, 0.2) is 36.8 Å². The average Bonchev–Trinajstić information content (AvgIpc) is 3.86. The largest absolute Gasteiger partial charge is 0.488 e. The molecule has 55 heavy (non-hydrogen) atoms. The summed E-state index contributed by atoms with van der Waals surface area (Å²) < 4.78 is 6.22. The number of rotatable bonds is 15. The number of carbonyl (C=O) groups excluding carboxylic acids is 6. The molecule has 2 aromatic rings. The predicted octanol–water partition coefficient (Wildman–Crippen LogP) is 4.17. The molecule has 0 spiro atoms. The minimum atomic E-state index is -1.15. The number of ether oxygens (including phenoxy) is 1. The fourth-order valence-electron chi connectivity index (χ4n) is 7.17. The highest BCUT2D eigenvalue weighted by atomic mass is 35.5. The number of carbonyl (C=O) groups is 6. The third-order valence-electron chi connectivity index (χ3n) is 10.2. The van der Waals surface area contributed by atoms with Crippen LogP contribution in [-0.4, -0.2) is 93.0 Å². The first kappa shape index (κ1) is 41.9. The van der Waals surface area contributed by atoms with Crippen LogP contribution in [-0.2, 0) is 24.0 Å². The van der Waals surface area contributed by atoms with E-state index in [1.807, 2.05) is 6.92 Å². The van der Waals surface area contributed by atoms with E-state index in [1.165, 1.54) is 23.5 Å². The van der Waals surface area contributed by atoms with E-state index >= 15 is 0 Å². The monoisotopic (exact) mass is 799 g/mol. The zero-order valence-electron chi connectivity index (χ0n) is 31.7. The summed E-state index contributed by atoms with van der Waals surface area (Å²) in [4.78, 5) is 91.8. The lowest BCUT2D eigenvalue weighted by Crippen LogP contribution is -2.62. The highest BCUT2D eigenvalue weighted by Gasteiger charge is 2.47. The van der Waals surface area contributed by atoms with Gasteiger partial charge in [0.2, 0.25) is 23.5 Å². The highest BCUT2D eigenvalue weighted by molar-refractivity contribution is 6.38. The van der Waals surface area contributed by atoms with E-state index in [0.29, 0.717) is 35.1 Å². The Labute approximate surface area is 331 Å². The molecule has 5 atom stereocenters. The number of benzene rings is 1. The number of Topliss-reactive ketones (excluding diaryl/α,β-unsaturated/α-hetero) is 1. The molecule has 3 aliphatic rings. The molecular formula is C39H51Cl2N7O7.